The Morgan fingerprint density at radius 1 is 1.07 bits per heavy atom. The largest absolute Gasteiger partial charge is 0.352 e. The molecule has 0 saturated carbocycles. The number of nitrogens with one attached hydrogen (secondary N) is 1. The minimum Gasteiger partial charge on any atom is -0.352 e. The molecule has 1 N–H and O–H groups in total. The molecular formula is C21H23N5S. The molecule has 4 heterocycles. The maximum atomic E-state index is 5.70. The van der Waals surface area contributed by atoms with Gasteiger partial charge in [-0.2, -0.15) is 0 Å². The summed E-state index contributed by atoms with van der Waals surface area (Å²) in [5.41, 5.74) is 3.21. The molecule has 4 rings (SSSR count). The fraction of sp³-hybridized carbons (Fsp3) is 0.286. The lowest BCUT2D eigenvalue weighted by molar-refractivity contribution is 0.308. The van der Waals surface area contributed by atoms with E-state index in [2.05, 4.69) is 63.1 Å². The molecule has 0 spiro atoms. The maximum absolute atomic E-state index is 5.70. The molecule has 1 aliphatic rings. The van der Waals surface area contributed by atoms with Gasteiger partial charge in [-0.25, -0.2) is 0 Å². The van der Waals surface area contributed by atoms with E-state index >= 15 is 0 Å². The second kappa shape index (κ2) is 7.48. The van der Waals surface area contributed by atoms with E-state index in [4.69, 9.17) is 12.2 Å². The van der Waals surface area contributed by atoms with Crippen LogP contribution in [0.2, 0.25) is 0 Å². The fourth-order valence-electron chi connectivity index (χ4n) is 3.53. The van der Waals surface area contributed by atoms with E-state index < -0.39 is 0 Å². The smallest absolute Gasteiger partial charge is 0.170 e. The van der Waals surface area contributed by atoms with Crippen molar-refractivity contribution in [3.63, 3.8) is 0 Å². The van der Waals surface area contributed by atoms with E-state index in [1.54, 1.807) is 0 Å². The average molecular weight is 378 g/mol. The monoisotopic (exact) mass is 377 g/mol. The van der Waals surface area contributed by atoms with Gasteiger partial charge in [0.15, 0.2) is 5.11 Å². The van der Waals surface area contributed by atoms with Crippen LogP contribution in [-0.2, 0) is 6.54 Å². The van der Waals surface area contributed by atoms with Crippen LogP contribution < -0.4 is 5.32 Å². The lowest BCUT2D eigenvalue weighted by Crippen LogP contribution is -2.29. The molecule has 0 bridgehead atoms. The van der Waals surface area contributed by atoms with E-state index in [1.807, 2.05) is 42.7 Å². The highest BCUT2D eigenvalue weighted by Crippen LogP contribution is 2.39. The van der Waals surface area contributed by atoms with Crippen LogP contribution in [0.1, 0.15) is 48.9 Å². The van der Waals surface area contributed by atoms with E-state index in [1.165, 1.54) is 5.56 Å². The molecule has 27 heavy (non-hydrogen) atoms. The minimum atomic E-state index is 0.00502. The molecule has 2 atom stereocenters. The third-order valence-corrected chi connectivity index (χ3v) is 5.28. The van der Waals surface area contributed by atoms with Gasteiger partial charge in [-0.1, -0.05) is 12.1 Å². The van der Waals surface area contributed by atoms with Crippen molar-refractivity contribution in [1.29, 1.82) is 0 Å². The Labute approximate surface area is 165 Å². The van der Waals surface area contributed by atoms with Crippen molar-refractivity contribution in [2.45, 2.75) is 38.5 Å². The predicted octanol–water partition coefficient (Wildman–Crippen LogP) is 4.03. The molecule has 0 aromatic carbocycles. The van der Waals surface area contributed by atoms with Gasteiger partial charge in [0.05, 0.1) is 30.0 Å². The fourth-order valence-corrected chi connectivity index (χ4v) is 3.84. The number of nitrogens with zero attached hydrogens (tertiary/aromatic N) is 4. The van der Waals surface area contributed by atoms with Gasteiger partial charge in [-0.15, -0.1) is 0 Å². The molecule has 1 aliphatic heterocycles. The first-order chi connectivity index (χ1) is 13.1. The van der Waals surface area contributed by atoms with Crippen LogP contribution in [0.25, 0.3) is 0 Å². The summed E-state index contributed by atoms with van der Waals surface area (Å²) in [5, 5.41) is 4.22. The summed E-state index contributed by atoms with van der Waals surface area (Å²) in [6.07, 6.45) is 8.00. The first-order valence-electron chi connectivity index (χ1n) is 9.19. The molecule has 0 amide bonds. The Kier molecular flexibility index (Phi) is 4.90. The van der Waals surface area contributed by atoms with Gasteiger partial charge < -0.3 is 14.8 Å². The van der Waals surface area contributed by atoms with E-state index in [9.17, 15) is 0 Å². The summed E-state index contributed by atoms with van der Waals surface area (Å²) in [7, 11) is 0. The summed E-state index contributed by atoms with van der Waals surface area (Å²) in [6, 6.07) is 14.6. The average Bonchev–Trinajstić information content (AvgIpc) is 3.29. The van der Waals surface area contributed by atoms with Gasteiger partial charge in [0.25, 0.3) is 0 Å². The lowest BCUT2D eigenvalue weighted by Gasteiger charge is -2.27. The number of aromatic nitrogens is 3. The van der Waals surface area contributed by atoms with Gasteiger partial charge in [0.2, 0.25) is 0 Å². The molecule has 0 unspecified atom stereocenters. The van der Waals surface area contributed by atoms with Crippen LogP contribution in [0, 0.1) is 0 Å². The first kappa shape index (κ1) is 17.7. The molecule has 6 heteroatoms. The van der Waals surface area contributed by atoms with E-state index in [0.29, 0.717) is 12.6 Å². The van der Waals surface area contributed by atoms with Gasteiger partial charge in [-0.05, 0) is 62.0 Å². The SMILES string of the molecule is CC(C)n1ccc([C@H]2[C@@H](c3ccccn3)NC(=S)N2Cc2ccccn2)c1. The van der Waals surface area contributed by atoms with E-state index in [-0.39, 0.29) is 12.1 Å². The Bertz CT molecular complexity index is 907. The molecule has 5 nitrogen and oxygen atoms in total. The predicted molar refractivity (Wildman–Crippen MR) is 110 cm³/mol. The molecule has 0 radical (unpaired) electrons. The number of pyridine rings is 2. The molecule has 3 aromatic rings. The van der Waals surface area contributed by atoms with Crippen molar-refractivity contribution < 1.29 is 0 Å². The summed E-state index contributed by atoms with van der Waals surface area (Å²) in [4.78, 5) is 11.3. The van der Waals surface area contributed by atoms with Crippen LogP contribution in [0.4, 0.5) is 0 Å². The normalized spacial score (nSPS) is 19.5. The Hall–Kier alpha value is -2.73. The molecule has 138 valence electrons. The zero-order chi connectivity index (χ0) is 18.8. The van der Waals surface area contributed by atoms with Gasteiger partial charge in [0, 0.05) is 30.8 Å². The second-order valence-electron chi connectivity index (χ2n) is 7.06. The van der Waals surface area contributed by atoms with Crippen molar-refractivity contribution in [1.82, 2.24) is 24.8 Å². The second-order valence-corrected chi connectivity index (χ2v) is 7.45. The third-order valence-electron chi connectivity index (χ3n) is 4.93. The van der Waals surface area contributed by atoms with Gasteiger partial charge >= 0.3 is 0 Å². The zero-order valence-electron chi connectivity index (χ0n) is 15.5. The zero-order valence-corrected chi connectivity index (χ0v) is 16.3. The number of hydrogen-bond donors (Lipinski definition) is 1. The van der Waals surface area contributed by atoms with Gasteiger partial charge in [0.1, 0.15) is 0 Å². The molecule has 0 aliphatic carbocycles. The summed E-state index contributed by atoms with van der Waals surface area (Å²) < 4.78 is 2.23. The van der Waals surface area contributed by atoms with Crippen LogP contribution in [-0.4, -0.2) is 24.5 Å². The van der Waals surface area contributed by atoms with Crippen LogP contribution in [0.5, 0.6) is 0 Å². The van der Waals surface area contributed by atoms with Crippen molar-refractivity contribution in [2.24, 2.45) is 0 Å². The first-order valence-corrected chi connectivity index (χ1v) is 9.59. The maximum Gasteiger partial charge on any atom is 0.170 e. The standard InChI is InChI=1S/C21H23N5S/c1-15(2)25-12-9-16(13-25)20-19(18-8-4-6-11-23-18)24-21(27)26(20)14-17-7-3-5-10-22-17/h3-13,15,19-20H,14H2,1-2H3,(H,24,27)/t19-,20+/m1/s1. The quantitative estimate of drug-likeness (QED) is 0.680. The number of hydrogen-bond acceptors (Lipinski definition) is 3. The van der Waals surface area contributed by atoms with Crippen LogP contribution in [0.15, 0.2) is 67.3 Å². The van der Waals surface area contributed by atoms with Crippen molar-refractivity contribution in [3.8, 4) is 0 Å². The van der Waals surface area contributed by atoms with Crippen LogP contribution in [0.3, 0.4) is 0 Å². The van der Waals surface area contributed by atoms with Crippen LogP contribution >= 0.6 is 12.2 Å². The molecule has 3 aromatic heterocycles. The molecule has 1 saturated heterocycles. The summed E-state index contributed by atoms with van der Waals surface area (Å²) in [6.45, 7) is 5.03. The Morgan fingerprint density at radius 3 is 2.48 bits per heavy atom. The van der Waals surface area contributed by atoms with Crippen molar-refractivity contribution >= 4 is 17.3 Å². The highest BCUT2D eigenvalue weighted by molar-refractivity contribution is 7.80. The van der Waals surface area contributed by atoms with E-state index in [0.717, 1.165) is 16.5 Å². The van der Waals surface area contributed by atoms with Crippen molar-refractivity contribution in [3.05, 3.63) is 84.2 Å². The number of thiocarbonyl (C=S) groups is 1. The summed E-state index contributed by atoms with van der Waals surface area (Å²) in [5.74, 6) is 0. The summed E-state index contributed by atoms with van der Waals surface area (Å²) >= 11 is 5.70. The highest BCUT2D eigenvalue weighted by atomic mass is 32.1. The molecular weight excluding hydrogens is 354 g/mol. The topological polar surface area (TPSA) is 46.0 Å². The molecule has 1 fully saturated rings. The Morgan fingerprint density at radius 2 is 1.85 bits per heavy atom. The lowest BCUT2D eigenvalue weighted by atomic mass is 9.99. The number of rotatable bonds is 5. The Balaban J connectivity index is 1.73. The third kappa shape index (κ3) is 3.57. The highest BCUT2D eigenvalue weighted by Gasteiger charge is 2.40. The van der Waals surface area contributed by atoms with Crippen molar-refractivity contribution in [2.75, 3.05) is 0 Å². The minimum absolute atomic E-state index is 0.00502. The van der Waals surface area contributed by atoms with Gasteiger partial charge in [-0.3, -0.25) is 9.97 Å².